The highest BCUT2D eigenvalue weighted by Gasteiger charge is 2.20. The number of benzene rings is 1. The van der Waals surface area contributed by atoms with Gasteiger partial charge in [0, 0.05) is 36.7 Å². The minimum atomic E-state index is 0.253. The molecule has 0 aromatic heterocycles. The van der Waals surface area contributed by atoms with E-state index in [2.05, 4.69) is 53.9 Å². The molecule has 2 nitrogen and oxygen atoms in total. The van der Waals surface area contributed by atoms with Gasteiger partial charge < -0.3 is 5.73 Å². The average Bonchev–Trinajstić information content (AvgIpc) is 2.33. The molecule has 1 fully saturated rings. The van der Waals surface area contributed by atoms with E-state index in [0.29, 0.717) is 6.04 Å². The van der Waals surface area contributed by atoms with Crippen LogP contribution in [0.2, 0.25) is 0 Å². The molecule has 3 heteroatoms. The van der Waals surface area contributed by atoms with Crippen LogP contribution in [0.3, 0.4) is 0 Å². The van der Waals surface area contributed by atoms with Gasteiger partial charge in [0.15, 0.2) is 0 Å². The normalized spacial score (nSPS) is 23.5. The first-order valence-corrected chi connectivity index (χ1v) is 7.52. The Labute approximate surface area is 109 Å². The van der Waals surface area contributed by atoms with Crippen LogP contribution in [-0.2, 0) is 6.42 Å². The van der Waals surface area contributed by atoms with Gasteiger partial charge in [0.1, 0.15) is 0 Å². The summed E-state index contributed by atoms with van der Waals surface area (Å²) in [6, 6.07) is 11.5. The molecule has 1 aromatic rings. The number of thioether (sulfide) groups is 1. The summed E-state index contributed by atoms with van der Waals surface area (Å²) >= 11 is 2.06. The van der Waals surface area contributed by atoms with Gasteiger partial charge in [-0.2, -0.15) is 11.8 Å². The summed E-state index contributed by atoms with van der Waals surface area (Å²) in [5.41, 5.74) is 7.60. The number of hydrogen-bond acceptors (Lipinski definition) is 3. The van der Waals surface area contributed by atoms with Gasteiger partial charge in [0.05, 0.1) is 0 Å². The predicted molar refractivity (Wildman–Crippen MR) is 76.5 cm³/mol. The molecule has 1 aliphatic heterocycles. The van der Waals surface area contributed by atoms with Crippen LogP contribution in [0.1, 0.15) is 12.5 Å². The fourth-order valence-corrected chi connectivity index (χ4v) is 3.40. The zero-order chi connectivity index (χ0) is 12.1. The van der Waals surface area contributed by atoms with Crippen molar-refractivity contribution in [2.24, 2.45) is 5.73 Å². The smallest absolute Gasteiger partial charge is 0.0208 e. The number of rotatable bonds is 4. The number of hydrogen-bond donors (Lipinski definition) is 1. The molecule has 94 valence electrons. The molecular weight excluding hydrogens is 228 g/mol. The standard InChI is InChI=1S/C14H22N2S/c1-12-11-17-8-7-16(12)10-14(15)9-13-5-3-2-4-6-13/h2-6,12,14H,7-11,15H2,1H3. The number of nitrogens with two attached hydrogens (primary N) is 1. The fraction of sp³-hybridized carbons (Fsp3) is 0.571. The first kappa shape index (κ1) is 12.9. The summed E-state index contributed by atoms with van der Waals surface area (Å²) in [5.74, 6) is 2.50. The van der Waals surface area contributed by atoms with Crippen LogP contribution in [0.25, 0.3) is 0 Å². The summed E-state index contributed by atoms with van der Waals surface area (Å²) < 4.78 is 0. The van der Waals surface area contributed by atoms with Crippen molar-refractivity contribution >= 4 is 11.8 Å². The second kappa shape index (κ2) is 6.43. The highest BCUT2D eigenvalue weighted by atomic mass is 32.2. The van der Waals surface area contributed by atoms with Crippen LogP contribution in [-0.4, -0.2) is 41.6 Å². The minimum Gasteiger partial charge on any atom is -0.326 e. The molecule has 0 spiro atoms. The second-order valence-electron chi connectivity index (χ2n) is 4.87. The Balaban J connectivity index is 1.82. The zero-order valence-electron chi connectivity index (χ0n) is 10.5. The van der Waals surface area contributed by atoms with E-state index in [0.717, 1.165) is 13.0 Å². The molecule has 1 aromatic carbocycles. The van der Waals surface area contributed by atoms with Gasteiger partial charge >= 0.3 is 0 Å². The van der Waals surface area contributed by atoms with E-state index >= 15 is 0 Å². The topological polar surface area (TPSA) is 29.3 Å². The quantitative estimate of drug-likeness (QED) is 0.886. The summed E-state index contributed by atoms with van der Waals surface area (Å²) in [5, 5.41) is 0. The fourth-order valence-electron chi connectivity index (χ4n) is 2.32. The third kappa shape index (κ3) is 4.02. The molecule has 2 unspecified atom stereocenters. The summed E-state index contributed by atoms with van der Waals surface area (Å²) in [4.78, 5) is 2.53. The van der Waals surface area contributed by atoms with Gasteiger partial charge in [-0.25, -0.2) is 0 Å². The monoisotopic (exact) mass is 250 g/mol. The maximum Gasteiger partial charge on any atom is 0.0208 e. The molecular formula is C14H22N2S. The highest BCUT2D eigenvalue weighted by Crippen LogP contribution is 2.16. The minimum absolute atomic E-state index is 0.253. The van der Waals surface area contributed by atoms with E-state index < -0.39 is 0 Å². The maximum absolute atomic E-state index is 6.25. The molecule has 17 heavy (non-hydrogen) atoms. The van der Waals surface area contributed by atoms with E-state index in [1.807, 2.05) is 0 Å². The lowest BCUT2D eigenvalue weighted by molar-refractivity contribution is 0.218. The van der Waals surface area contributed by atoms with Gasteiger partial charge in [-0.1, -0.05) is 30.3 Å². The molecule has 0 aliphatic carbocycles. The Hall–Kier alpha value is -0.510. The number of nitrogens with zero attached hydrogens (tertiary/aromatic N) is 1. The van der Waals surface area contributed by atoms with Crippen molar-refractivity contribution in [3.63, 3.8) is 0 Å². The van der Waals surface area contributed by atoms with Crippen molar-refractivity contribution in [2.45, 2.75) is 25.4 Å². The van der Waals surface area contributed by atoms with Crippen LogP contribution >= 0.6 is 11.8 Å². The molecule has 1 heterocycles. The van der Waals surface area contributed by atoms with Crippen LogP contribution in [0.5, 0.6) is 0 Å². The van der Waals surface area contributed by atoms with Crippen molar-refractivity contribution in [3.8, 4) is 0 Å². The van der Waals surface area contributed by atoms with Crippen molar-refractivity contribution in [1.29, 1.82) is 0 Å². The first-order chi connectivity index (χ1) is 8.25. The van der Waals surface area contributed by atoms with Gasteiger partial charge in [-0.15, -0.1) is 0 Å². The van der Waals surface area contributed by atoms with Gasteiger partial charge in [-0.3, -0.25) is 4.90 Å². The van der Waals surface area contributed by atoms with E-state index in [-0.39, 0.29) is 6.04 Å². The molecule has 2 N–H and O–H groups in total. The Morgan fingerprint density at radius 2 is 2.18 bits per heavy atom. The highest BCUT2D eigenvalue weighted by molar-refractivity contribution is 7.99. The maximum atomic E-state index is 6.25. The van der Waals surface area contributed by atoms with Gasteiger partial charge in [0.2, 0.25) is 0 Å². The zero-order valence-corrected chi connectivity index (χ0v) is 11.3. The first-order valence-electron chi connectivity index (χ1n) is 6.37. The van der Waals surface area contributed by atoms with E-state index in [1.54, 1.807) is 0 Å². The molecule has 0 saturated carbocycles. The SMILES string of the molecule is CC1CSCCN1CC(N)Cc1ccccc1. The van der Waals surface area contributed by atoms with E-state index in [9.17, 15) is 0 Å². The molecule has 0 bridgehead atoms. The van der Waals surface area contributed by atoms with Crippen molar-refractivity contribution in [2.75, 3.05) is 24.6 Å². The lowest BCUT2D eigenvalue weighted by Crippen LogP contribution is -2.47. The molecule has 2 atom stereocenters. The van der Waals surface area contributed by atoms with Crippen molar-refractivity contribution < 1.29 is 0 Å². The Morgan fingerprint density at radius 3 is 2.88 bits per heavy atom. The largest absolute Gasteiger partial charge is 0.326 e. The van der Waals surface area contributed by atoms with Crippen molar-refractivity contribution in [3.05, 3.63) is 35.9 Å². The Morgan fingerprint density at radius 1 is 1.41 bits per heavy atom. The molecule has 2 rings (SSSR count). The molecule has 1 saturated heterocycles. The summed E-state index contributed by atoms with van der Waals surface area (Å²) in [7, 11) is 0. The summed E-state index contributed by atoms with van der Waals surface area (Å²) in [6.45, 7) is 4.52. The second-order valence-corrected chi connectivity index (χ2v) is 6.02. The Bertz CT molecular complexity index is 328. The lowest BCUT2D eigenvalue weighted by Gasteiger charge is -2.34. The van der Waals surface area contributed by atoms with Crippen LogP contribution in [0, 0.1) is 0 Å². The van der Waals surface area contributed by atoms with Crippen LogP contribution in [0.4, 0.5) is 0 Å². The lowest BCUT2D eigenvalue weighted by atomic mass is 10.1. The third-order valence-corrected chi connectivity index (χ3v) is 4.50. The predicted octanol–water partition coefficient (Wildman–Crippen LogP) is 1.99. The Kier molecular flexibility index (Phi) is 4.89. The third-order valence-electron chi connectivity index (χ3n) is 3.31. The van der Waals surface area contributed by atoms with Crippen LogP contribution in [0.15, 0.2) is 30.3 Å². The average molecular weight is 250 g/mol. The molecule has 0 amide bonds. The summed E-state index contributed by atoms with van der Waals surface area (Å²) in [6.07, 6.45) is 0.983. The van der Waals surface area contributed by atoms with Crippen LogP contribution < -0.4 is 5.73 Å². The van der Waals surface area contributed by atoms with Crippen molar-refractivity contribution in [1.82, 2.24) is 4.90 Å². The van der Waals surface area contributed by atoms with Gasteiger partial charge in [0.25, 0.3) is 0 Å². The van der Waals surface area contributed by atoms with E-state index in [1.165, 1.54) is 23.6 Å². The van der Waals surface area contributed by atoms with E-state index in [4.69, 9.17) is 5.73 Å². The molecule has 1 aliphatic rings. The molecule has 0 radical (unpaired) electrons. The van der Waals surface area contributed by atoms with Gasteiger partial charge in [-0.05, 0) is 18.9 Å².